The highest BCUT2D eigenvalue weighted by Gasteiger charge is 2.03. The molecule has 2 aromatic rings. The predicted molar refractivity (Wildman–Crippen MR) is 78.9 cm³/mol. The number of carbonyl (C=O) groups excluding carboxylic acids is 1. The molecule has 0 unspecified atom stereocenters. The Morgan fingerprint density at radius 3 is 2.75 bits per heavy atom. The van der Waals surface area contributed by atoms with Crippen LogP contribution in [0, 0.1) is 0 Å². The molecule has 0 atom stereocenters. The number of aromatic nitrogens is 2. The van der Waals surface area contributed by atoms with Gasteiger partial charge in [0, 0.05) is 17.8 Å². The van der Waals surface area contributed by atoms with Crippen molar-refractivity contribution in [3.8, 4) is 0 Å². The zero-order chi connectivity index (χ0) is 14.4. The lowest BCUT2D eigenvalue weighted by molar-refractivity contribution is -0.118. The second kappa shape index (κ2) is 7.12. The lowest BCUT2D eigenvalue weighted by Gasteiger charge is -2.05. The molecule has 1 aromatic heterocycles. The van der Waals surface area contributed by atoms with E-state index < -0.39 is 5.69 Å². The zero-order valence-corrected chi connectivity index (χ0v) is 12.0. The molecular weight excluding hydrogens is 298 g/mol. The summed E-state index contributed by atoms with van der Waals surface area (Å²) in [6, 6.07) is 8.92. The van der Waals surface area contributed by atoms with Crippen molar-refractivity contribution < 1.29 is 4.79 Å². The van der Waals surface area contributed by atoms with Gasteiger partial charge in [0.15, 0.2) is 0 Å². The van der Waals surface area contributed by atoms with E-state index in [1.165, 1.54) is 18.0 Å². The normalized spacial score (nSPS) is 10.2. The Bertz CT molecular complexity index is 643. The Labute approximate surface area is 124 Å². The minimum atomic E-state index is -0.420. The fraction of sp³-hybridized carbons (Fsp3) is 0.154. The molecule has 0 radical (unpaired) electrons. The molecule has 0 fully saturated rings. The molecule has 7 heteroatoms. The maximum absolute atomic E-state index is 11.7. The van der Waals surface area contributed by atoms with Gasteiger partial charge in [0.25, 0.3) is 0 Å². The van der Waals surface area contributed by atoms with Crippen molar-refractivity contribution in [2.45, 2.75) is 11.6 Å². The maximum atomic E-state index is 11.7. The number of halogens is 1. The van der Waals surface area contributed by atoms with Crippen molar-refractivity contribution in [3.05, 3.63) is 57.6 Å². The second-order valence-corrected chi connectivity index (χ2v) is 5.38. The number of thioether (sulfide) groups is 1. The van der Waals surface area contributed by atoms with Gasteiger partial charge < -0.3 is 10.3 Å². The molecule has 0 aliphatic rings. The van der Waals surface area contributed by atoms with E-state index in [4.69, 9.17) is 11.6 Å². The van der Waals surface area contributed by atoms with E-state index in [9.17, 15) is 9.59 Å². The number of aromatic amines is 1. The van der Waals surface area contributed by atoms with E-state index in [-0.39, 0.29) is 11.7 Å². The van der Waals surface area contributed by atoms with Crippen molar-refractivity contribution >= 4 is 29.3 Å². The highest BCUT2D eigenvalue weighted by atomic mass is 35.5. The Kier molecular flexibility index (Phi) is 5.20. The smallest absolute Gasteiger partial charge is 0.345 e. The highest BCUT2D eigenvalue weighted by Crippen LogP contribution is 2.12. The van der Waals surface area contributed by atoms with Gasteiger partial charge in [0.1, 0.15) is 0 Å². The number of rotatable bonds is 5. The average Bonchev–Trinajstić information content (AvgIpc) is 2.45. The predicted octanol–water partition coefficient (Wildman–Crippen LogP) is 1.83. The summed E-state index contributed by atoms with van der Waals surface area (Å²) in [5.74, 6) is 0.121. The number of hydrogen-bond donors (Lipinski definition) is 2. The lowest BCUT2D eigenvalue weighted by atomic mass is 10.2. The molecule has 1 aromatic carbocycles. The molecule has 2 N–H and O–H groups in total. The van der Waals surface area contributed by atoms with Gasteiger partial charge in [-0.25, -0.2) is 9.78 Å². The third-order valence-corrected chi connectivity index (χ3v) is 3.62. The number of carbonyl (C=O) groups is 1. The first-order chi connectivity index (χ1) is 9.63. The number of H-pyrrole nitrogens is 1. The van der Waals surface area contributed by atoms with Crippen molar-refractivity contribution in [1.29, 1.82) is 0 Å². The number of amides is 1. The van der Waals surface area contributed by atoms with Crippen LogP contribution in [-0.4, -0.2) is 21.6 Å². The van der Waals surface area contributed by atoms with Crippen LogP contribution in [0.1, 0.15) is 5.56 Å². The summed E-state index contributed by atoms with van der Waals surface area (Å²) in [6.45, 7) is 0.448. The Morgan fingerprint density at radius 1 is 1.30 bits per heavy atom. The van der Waals surface area contributed by atoms with Crippen LogP contribution in [-0.2, 0) is 11.3 Å². The van der Waals surface area contributed by atoms with Crippen LogP contribution in [0.15, 0.2) is 46.3 Å². The summed E-state index contributed by atoms with van der Waals surface area (Å²) in [5.41, 5.74) is 0.557. The van der Waals surface area contributed by atoms with Gasteiger partial charge in [-0.15, -0.1) is 0 Å². The first kappa shape index (κ1) is 14.6. The van der Waals surface area contributed by atoms with Crippen LogP contribution >= 0.6 is 23.4 Å². The quantitative estimate of drug-likeness (QED) is 0.653. The molecule has 5 nitrogen and oxygen atoms in total. The standard InChI is InChI=1S/C13H12ClN3O2S/c14-10-3-1-9(2-4-10)7-16-11(18)8-20-12-5-6-15-13(19)17-12/h1-6H,7-8H2,(H,16,18)(H,15,17,19). The average molecular weight is 310 g/mol. The molecular formula is C13H12ClN3O2S. The second-order valence-electron chi connectivity index (χ2n) is 3.93. The van der Waals surface area contributed by atoms with Crippen LogP contribution in [0.5, 0.6) is 0 Å². The van der Waals surface area contributed by atoms with Gasteiger partial charge in [-0.05, 0) is 23.8 Å². The van der Waals surface area contributed by atoms with E-state index in [0.717, 1.165) is 5.56 Å². The minimum Gasteiger partial charge on any atom is -0.351 e. The van der Waals surface area contributed by atoms with Gasteiger partial charge in [0.2, 0.25) is 5.91 Å². The molecule has 0 aliphatic carbocycles. The first-order valence-electron chi connectivity index (χ1n) is 5.83. The van der Waals surface area contributed by atoms with Gasteiger partial charge in [-0.3, -0.25) is 4.79 Å². The molecule has 0 bridgehead atoms. The fourth-order valence-corrected chi connectivity index (χ4v) is 2.26. The van der Waals surface area contributed by atoms with Gasteiger partial charge in [0.05, 0.1) is 10.8 Å². The van der Waals surface area contributed by atoms with Crippen molar-refractivity contribution in [2.24, 2.45) is 0 Å². The Hall–Kier alpha value is -1.79. The largest absolute Gasteiger partial charge is 0.351 e. The SMILES string of the molecule is O=C(CSc1ccnc(=O)[nH]1)NCc1ccc(Cl)cc1. The van der Waals surface area contributed by atoms with Crippen molar-refractivity contribution in [2.75, 3.05) is 5.75 Å². The number of nitrogens with one attached hydrogen (secondary N) is 2. The summed E-state index contributed by atoms with van der Waals surface area (Å²) < 4.78 is 0. The molecule has 0 spiro atoms. The van der Waals surface area contributed by atoms with Gasteiger partial charge in [-0.2, -0.15) is 0 Å². The van der Waals surface area contributed by atoms with E-state index in [1.54, 1.807) is 18.2 Å². The van der Waals surface area contributed by atoms with Gasteiger partial charge in [-0.1, -0.05) is 35.5 Å². The first-order valence-corrected chi connectivity index (χ1v) is 7.19. The molecule has 1 amide bonds. The van der Waals surface area contributed by atoms with Gasteiger partial charge >= 0.3 is 5.69 Å². The summed E-state index contributed by atoms with van der Waals surface area (Å²) in [5, 5.41) is 4.07. The third kappa shape index (κ3) is 4.71. The summed E-state index contributed by atoms with van der Waals surface area (Å²) in [6.07, 6.45) is 1.41. The molecule has 20 heavy (non-hydrogen) atoms. The third-order valence-electron chi connectivity index (χ3n) is 2.41. The molecule has 0 saturated carbocycles. The van der Waals surface area contributed by atoms with Crippen molar-refractivity contribution in [1.82, 2.24) is 15.3 Å². The Morgan fingerprint density at radius 2 is 2.05 bits per heavy atom. The van der Waals surface area contributed by atoms with E-state index in [2.05, 4.69) is 15.3 Å². The summed E-state index contributed by atoms with van der Waals surface area (Å²) in [7, 11) is 0. The monoisotopic (exact) mass is 309 g/mol. The lowest BCUT2D eigenvalue weighted by Crippen LogP contribution is -2.24. The summed E-state index contributed by atoms with van der Waals surface area (Å²) in [4.78, 5) is 28.7. The molecule has 104 valence electrons. The van der Waals surface area contributed by atoms with E-state index >= 15 is 0 Å². The summed E-state index contributed by atoms with van der Waals surface area (Å²) >= 11 is 7.03. The number of hydrogen-bond acceptors (Lipinski definition) is 4. The maximum Gasteiger partial charge on any atom is 0.345 e. The molecule has 2 rings (SSSR count). The van der Waals surface area contributed by atoms with E-state index in [1.807, 2.05) is 12.1 Å². The van der Waals surface area contributed by atoms with Crippen LogP contribution in [0.3, 0.4) is 0 Å². The number of benzene rings is 1. The topological polar surface area (TPSA) is 74.8 Å². The minimum absolute atomic E-state index is 0.109. The van der Waals surface area contributed by atoms with Crippen LogP contribution in [0.4, 0.5) is 0 Å². The number of nitrogens with zero attached hydrogens (tertiary/aromatic N) is 1. The highest BCUT2D eigenvalue weighted by molar-refractivity contribution is 7.99. The Balaban J connectivity index is 1.78. The fourth-order valence-electron chi connectivity index (χ4n) is 1.43. The van der Waals surface area contributed by atoms with Crippen LogP contribution in [0.25, 0.3) is 0 Å². The molecule has 0 aliphatic heterocycles. The zero-order valence-electron chi connectivity index (χ0n) is 10.4. The van der Waals surface area contributed by atoms with Crippen molar-refractivity contribution in [3.63, 3.8) is 0 Å². The molecule has 0 saturated heterocycles. The molecule has 1 heterocycles. The van der Waals surface area contributed by atoms with E-state index in [0.29, 0.717) is 16.6 Å². The van der Waals surface area contributed by atoms with Crippen LogP contribution in [0.2, 0.25) is 5.02 Å². The van der Waals surface area contributed by atoms with Crippen LogP contribution < -0.4 is 11.0 Å².